The van der Waals surface area contributed by atoms with Gasteiger partial charge in [0.2, 0.25) is 5.91 Å². The van der Waals surface area contributed by atoms with E-state index in [1.807, 2.05) is 30.3 Å². The highest BCUT2D eigenvalue weighted by molar-refractivity contribution is 5.96. The van der Waals surface area contributed by atoms with E-state index in [-0.39, 0.29) is 6.42 Å². The van der Waals surface area contributed by atoms with Gasteiger partial charge in [0, 0.05) is 6.08 Å². The molecule has 0 aliphatic carbocycles. The van der Waals surface area contributed by atoms with Gasteiger partial charge in [0.25, 0.3) is 0 Å². The van der Waals surface area contributed by atoms with E-state index < -0.39 is 35.1 Å². The van der Waals surface area contributed by atoms with Crippen LogP contribution in [-0.2, 0) is 30.5 Å². The maximum Gasteiger partial charge on any atom is 0.329 e. The molecule has 1 unspecified atom stereocenters. The lowest BCUT2D eigenvalue weighted by Gasteiger charge is -2.25. The van der Waals surface area contributed by atoms with Gasteiger partial charge in [0.1, 0.15) is 29.6 Å². The molecule has 1 atom stereocenters. The Hall–Kier alpha value is -4.05. The van der Waals surface area contributed by atoms with Gasteiger partial charge < -0.3 is 19.5 Å². The van der Waals surface area contributed by atoms with Crippen LogP contribution >= 0.6 is 0 Å². The lowest BCUT2D eigenvalue weighted by molar-refractivity contribution is -0.165. The van der Waals surface area contributed by atoms with E-state index in [2.05, 4.69) is 11.2 Å². The van der Waals surface area contributed by atoms with Crippen LogP contribution in [0.4, 0.5) is 0 Å². The first-order valence-electron chi connectivity index (χ1n) is 12.0. The third-order valence-electron chi connectivity index (χ3n) is 4.65. The second-order valence-corrected chi connectivity index (χ2v) is 10.4. The van der Waals surface area contributed by atoms with Gasteiger partial charge >= 0.3 is 11.9 Å². The second kappa shape index (κ2) is 12.8. The second-order valence-electron chi connectivity index (χ2n) is 10.4. The number of esters is 2. The normalized spacial score (nSPS) is 12.4. The van der Waals surface area contributed by atoms with Crippen molar-refractivity contribution < 1.29 is 28.6 Å². The smallest absolute Gasteiger partial charge is 0.329 e. The van der Waals surface area contributed by atoms with Crippen LogP contribution in [0.1, 0.15) is 64.7 Å². The molecule has 7 nitrogen and oxygen atoms in total. The van der Waals surface area contributed by atoms with Crippen LogP contribution in [0.5, 0.6) is 5.75 Å². The molecule has 2 rings (SSSR count). The van der Waals surface area contributed by atoms with Gasteiger partial charge in [-0.15, -0.1) is 6.42 Å². The molecule has 196 valence electrons. The van der Waals surface area contributed by atoms with Crippen LogP contribution in [0.2, 0.25) is 0 Å². The summed E-state index contributed by atoms with van der Waals surface area (Å²) in [5, 5.41) is 2.54. The highest BCUT2D eigenvalue weighted by Crippen LogP contribution is 2.24. The molecule has 0 bridgehead atoms. The summed E-state index contributed by atoms with van der Waals surface area (Å²) in [4.78, 5) is 37.8. The van der Waals surface area contributed by atoms with Gasteiger partial charge in [-0.25, -0.2) is 4.79 Å². The topological polar surface area (TPSA) is 90.9 Å². The Labute approximate surface area is 219 Å². The summed E-state index contributed by atoms with van der Waals surface area (Å²) in [6.07, 6.45) is 8.13. The maximum absolute atomic E-state index is 12.7. The minimum absolute atomic E-state index is 0.339. The molecule has 37 heavy (non-hydrogen) atoms. The Morgan fingerprint density at radius 3 is 2.19 bits per heavy atom. The predicted octanol–water partition coefficient (Wildman–Crippen LogP) is 4.82. The quantitative estimate of drug-likeness (QED) is 0.299. The molecule has 0 aliphatic rings. The van der Waals surface area contributed by atoms with E-state index in [9.17, 15) is 14.4 Å². The van der Waals surface area contributed by atoms with E-state index in [4.69, 9.17) is 20.6 Å². The molecule has 0 aliphatic heterocycles. The summed E-state index contributed by atoms with van der Waals surface area (Å²) in [7, 11) is 0. The van der Waals surface area contributed by atoms with Crippen LogP contribution in [-0.4, -0.2) is 35.1 Å². The Morgan fingerprint density at radius 1 is 0.946 bits per heavy atom. The average Bonchev–Trinajstić information content (AvgIpc) is 2.79. The van der Waals surface area contributed by atoms with E-state index >= 15 is 0 Å². The molecular formula is C30H35NO6. The molecule has 2 aromatic carbocycles. The van der Waals surface area contributed by atoms with Crippen molar-refractivity contribution >= 4 is 23.9 Å². The Morgan fingerprint density at radius 2 is 1.59 bits per heavy atom. The van der Waals surface area contributed by atoms with Gasteiger partial charge in [0.05, 0.1) is 12.0 Å². The Bertz CT molecular complexity index is 1160. The number of carbonyl (C=O) groups excluding carboxylic acids is 3. The van der Waals surface area contributed by atoms with Crippen LogP contribution in [0.15, 0.2) is 54.6 Å². The van der Waals surface area contributed by atoms with E-state index in [0.717, 1.165) is 5.56 Å². The first-order valence-corrected chi connectivity index (χ1v) is 12.0. The summed E-state index contributed by atoms with van der Waals surface area (Å²) in [5.74, 6) is 1.15. The number of hydrogen-bond acceptors (Lipinski definition) is 6. The molecule has 0 fully saturated rings. The van der Waals surface area contributed by atoms with Crippen molar-refractivity contribution in [2.75, 3.05) is 0 Å². The zero-order chi connectivity index (χ0) is 27.6. The fourth-order valence-electron chi connectivity index (χ4n) is 3.20. The van der Waals surface area contributed by atoms with Crippen molar-refractivity contribution in [3.8, 4) is 18.1 Å². The van der Waals surface area contributed by atoms with Crippen molar-refractivity contribution in [2.45, 2.75) is 71.8 Å². The lowest BCUT2D eigenvalue weighted by atomic mass is 10.1. The Balaban J connectivity index is 2.16. The molecule has 1 N–H and O–H groups in total. The fraction of sp³-hybridized carbons (Fsp3) is 0.367. The first-order chi connectivity index (χ1) is 17.3. The Kier molecular flexibility index (Phi) is 10.1. The fourth-order valence-corrected chi connectivity index (χ4v) is 3.20. The number of benzene rings is 2. The molecular weight excluding hydrogens is 470 g/mol. The van der Waals surface area contributed by atoms with Crippen molar-refractivity contribution in [1.29, 1.82) is 0 Å². The van der Waals surface area contributed by atoms with Gasteiger partial charge in [0.15, 0.2) is 0 Å². The minimum atomic E-state index is -1.22. The maximum atomic E-state index is 12.7. The summed E-state index contributed by atoms with van der Waals surface area (Å²) in [6, 6.07) is 13.7. The lowest BCUT2D eigenvalue weighted by Crippen LogP contribution is -2.45. The third kappa shape index (κ3) is 10.6. The van der Waals surface area contributed by atoms with Crippen molar-refractivity contribution in [1.82, 2.24) is 5.32 Å². The molecule has 0 saturated carbocycles. The number of carbonyl (C=O) groups is 3. The molecule has 0 radical (unpaired) electrons. The van der Waals surface area contributed by atoms with Crippen LogP contribution in [0.3, 0.4) is 0 Å². The van der Waals surface area contributed by atoms with Crippen LogP contribution in [0.25, 0.3) is 6.08 Å². The largest absolute Gasteiger partial charge is 0.488 e. The SMILES string of the molecule is C#Cc1c(/C=C/C(=O)NC(CC(=O)OC(C)(C)C)C(=O)OC(C)(C)C)cccc1OCc1ccccc1. The van der Waals surface area contributed by atoms with Crippen molar-refractivity contribution in [2.24, 2.45) is 0 Å². The molecule has 2 aromatic rings. The van der Waals surface area contributed by atoms with Crippen molar-refractivity contribution in [3.63, 3.8) is 0 Å². The molecule has 0 spiro atoms. The van der Waals surface area contributed by atoms with Crippen LogP contribution < -0.4 is 10.1 Å². The third-order valence-corrected chi connectivity index (χ3v) is 4.65. The van der Waals surface area contributed by atoms with Crippen molar-refractivity contribution in [3.05, 3.63) is 71.3 Å². The molecule has 0 aromatic heterocycles. The van der Waals surface area contributed by atoms with E-state index in [1.165, 1.54) is 12.2 Å². The zero-order valence-corrected chi connectivity index (χ0v) is 22.3. The average molecular weight is 506 g/mol. The van der Waals surface area contributed by atoms with Gasteiger partial charge in [-0.2, -0.15) is 0 Å². The molecule has 1 amide bonds. The highest BCUT2D eigenvalue weighted by atomic mass is 16.6. The summed E-state index contributed by atoms with van der Waals surface area (Å²) >= 11 is 0. The summed E-state index contributed by atoms with van der Waals surface area (Å²) < 4.78 is 16.6. The number of ether oxygens (including phenoxy) is 3. The summed E-state index contributed by atoms with van der Waals surface area (Å²) in [6.45, 7) is 10.6. The van der Waals surface area contributed by atoms with Crippen LogP contribution in [0, 0.1) is 12.3 Å². The number of hydrogen-bond donors (Lipinski definition) is 1. The summed E-state index contributed by atoms with van der Waals surface area (Å²) in [5.41, 5.74) is 0.526. The number of rotatable bonds is 9. The monoisotopic (exact) mass is 505 g/mol. The minimum Gasteiger partial charge on any atom is -0.488 e. The van der Waals surface area contributed by atoms with Gasteiger partial charge in [-0.3, -0.25) is 9.59 Å². The van der Waals surface area contributed by atoms with E-state index in [0.29, 0.717) is 23.5 Å². The number of amides is 1. The molecule has 7 heteroatoms. The van der Waals surface area contributed by atoms with Gasteiger partial charge in [-0.1, -0.05) is 48.4 Å². The number of nitrogens with one attached hydrogen (secondary N) is 1. The zero-order valence-electron chi connectivity index (χ0n) is 22.3. The number of terminal acetylenes is 1. The first kappa shape index (κ1) is 29.2. The standard InChI is InChI=1S/C30H35NO6/c1-8-23-22(15-12-16-25(23)35-20-21-13-10-9-11-14-21)17-18-26(32)31-24(28(34)37-30(5,6)7)19-27(33)36-29(2,3)4/h1,9-18,24H,19-20H2,2-7H3,(H,31,32)/b18-17+. The van der Waals surface area contributed by atoms with E-state index in [1.54, 1.807) is 59.7 Å². The predicted molar refractivity (Wildman–Crippen MR) is 142 cm³/mol. The highest BCUT2D eigenvalue weighted by Gasteiger charge is 2.30. The molecule has 0 saturated heterocycles. The van der Waals surface area contributed by atoms with Gasteiger partial charge in [-0.05, 0) is 64.8 Å². The molecule has 0 heterocycles.